The third-order valence-corrected chi connectivity index (χ3v) is 4.97. The normalized spacial score (nSPS) is 9.73. The van der Waals surface area contributed by atoms with Gasteiger partial charge in [0.15, 0.2) is 17.4 Å². The lowest BCUT2D eigenvalue weighted by molar-refractivity contribution is 0.0603. The van der Waals surface area contributed by atoms with Crippen molar-refractivity contribution in [2.24, 2.45) is 5.73 Å². The van der Waals surface area contributed by atoms with Crippen LogP contribution in [0.15, 0.2) is 24.5 Å². The second-order valence-electron chi connectivity index (χ2n) is 5.12. The number of hydrogen-bond acceptors (Lipinski definition) is 7. The minimum Gasteiger partial charge on any atom is -0.483 e. The highest BCUT2D eigenvalue weighted by Gasteiger charge is 2.23. The number of rotatable bonds is 5. The number of fused-ring (bicyclic) bond motifs is 1. The summed E-state index contributed by atoms with van der Waals surface area (Å²) in [6.07, 6.45) is 3.23. The molecule has 162 valence electrons. The molecule has 2 heterocycles. The molecule has 1 aromatic carbocycles. The molecular weight excluding hydrogens is 438 g/mol. The number of pyridine rings is 1. The smallest absolute Gasteiger partial charge is 0.348 e. The van der Waals surface area contributed by atoms with Crippen LogP contribution in [0.25, 0.3) is 10.1 Å². The van der Waals surface area contributed by atoms with Gasteiger partial charge in [-0.25, -0.2) is 13.6 Å². The maximum Gasteiger partial charge on any atom is 0.348 e. The van der Waals surface area contributed by atoms with Crippen LogP contribution in [0.5, 0.6) is 5.75 Å². The lowest BCUT2D eigenvalue weighted by Gasteiger charge is -2.10. The quantitative estimate of drug-likeness (QED) is 0.427. The fraction of sp³-hybridized carbons (Fsp3) is 0.250. The minimum atomic E-state index is -1.03. The molecule has 3 aromatic rings. The topological polar surface area (TPSA) is 91.5 Å². The average molecular weight is 459 g/mol. The van der Waals surface area contributed by atoms with Crippen molar-refractivity contribution in [2.75, 3.05) is 14.2 Å². The molecule has 0 atom stereocenters. The Hall–Kier alpha value is -2.62. The molecule has 6 nitrogen and oxygen atoms in total. The first-order valence-electron chi connectivity index (χ1n) is 8.74. The Labute approximate surface area is 181 Å². The highest BCUT2D eigenvalue weighted by atomic mass is 35.5. The van der Waals surface area contributed by atoms with E-state index >= 15 is 0 Å². The summed E-state index contributed by atoms with van der Waals surface area (Å²) >= 11 is 7.24. The second kappa shape index (κ2) is 12.2. The lowest BCUT2D eigenvalue weighted by Crippen LogP contribution is -2.06. The number of thiophene rings is 1. The Morgan fingerprint density at radius 1 is 1.23 bits per heavy atom. The molecule has 10 heteroatoms. The van der Waals surface area contributed by atoms with E-state index in [1.54, 1.807) is 0 Å². The molecule has 0 radical (unpaired) electrons. The van der Waals surface area contributed by atoms with Crippen molar-refractivity contribution in [1.29, 1.82) is 0 Å². The van der Waals surface area contributed by atoms with Gasteiger partial charge in [-0.2, -0.15) is 0 Å². The van der Waals surface area contributed by atoms with Crippen molar-refractivity contribution in [2.45, 2.75) is 20.5 Å². The number of ether oxygens (including phenoxy) is 2. The summed E-state index contributed by atoms with van der Waals surface area (Å²) in [5.41, 5.74) is 4.68. The highest BCUT2D eigenvalue weighted by Crippen LogP contribution is 2.37. The average Bonchev–Trinajstić information content (AvgIpc) is 3.15. The maximum absolute atomic E-state index is 14.0. The third kappa shape index (κ3) is 5.50. The standard InChI is InChI=1S/C17H10ClF2NO4S.C2H6.CH5N/c1-24-17(23)16-9(14-10(18)4-21-5-13(14)26-16)7-25-15-11(19)2-8(6-22)3-12(15)20;2*1-2/h2-6H,7H2,1H3;1-2H3;2H2,1H3. The maximum atomic E-state index is 14.0. The number of nitrogens with zero attached hydrogens (tertiary/aromatic N) is 1. The Kier molecular flexibility index (Phi) is 10.3. The van der Waals surface area contributed by atoms with Crippen molar-refractivity contribution in [3.05, 3.63) is 57.2 Å². The number of carbonyl (C=O) groups excluding carboxylic acids is 2. The van der Waals surface area contributed by atoms with E-state index in [0.29, 0.717) is 21.9 Å². The molecule has 0 unspecified atom stereocenters. The zero-order valence-corrected chi connectivity index (χ0v) is 18.4. The largest absolute Gasteiger partial charge is 0.483 e. The molecule has 0 aliphatic heterocycles. The fourth-order valence-corrected chi connectivity index (χ4v) is 3.85. The van der Waals surface area contributed by atoms with Gasteiger partial charge in [0.25, 0.3) is 0 Å². The minimum absolute atomic E-state index is 0.155. The van der Waals surface area contributed by atoms with Gasteiger partial charge in [0.05, 0.1) is 16.8 Å². The van der Waals surface area contributed by atoms with E-state index in [-0.39, 0.29) is 22.1 Å². The van der Waals surface area contributed by atoms with E-state index < -0.39 is 23.4 Å². The summed E-state index contributed by atoms with van der Waals surface area (Å²) in [6.45, 7) is 3.67. The number of carbonyl (C=O) groups is 2. The number of halogens is 3. The molecule has 3 rings (SSSR count). The van der Waals surface area contributed by atoms with Crippen LogP contribution in [-0.4, -0.2) is 31.4 Å². The van der Waals surface area contributed by atoms with Gasteiger partial charge in [-0.05, 0) is 19.2 Å². The molecule has 2 N–H and O–H groups in total. The Morgan fingerprint density at radius 3 is 2.37 bits per heavy atom. The first-order chi connectivity index (χ1) is 14.5. The van der Waals surface area contributed by atoms with Crippen LogP contribution >= 0.6 is 22.9 Å². The Morgan fingerprint density at radius 2 is 1.83 bits per heavy atom. The van der Waals surface area contributed by atoms with Crippen LogP contribution in [0.3, 0.4) is 0 Å². The molecular formula is C20H21ClF2N2O4S. The number of methoxy groups -OCH3 is 1. The lowest BCUT2D eigenvalue weighted by atomic mass is 10.1. The number of benzene rings is 1. The summed E-state index contributed by atoms with van der Waals surface area (Å²) in [5, 5.41) is 0.766. The first kappa shape index (κ1) is 25.4. The van der Waals surface area contributed by atoms with E-state index in [9.17, 15) is 18.4 Å². The van der Waals surface area contributed by atoms with Crippen LogP contribution in [0, 0.1) is 11.6 Å². The second-order valence-corrected chi connectivity index (χ2v) is 6.58. The van der Waals surface area contributed by atoms with Gasteiger partial charge in [0.2, 0.25) is 0 Å². The third-order valence-electron chi connectivity index (χ3n) is 3.54. The molecule has 0 saturated heterocycles. The van der Waals surface area contributed by atoms with Gasteiger partial charge in [-0.3, -0.25) is 9.78 Å². The SMILES string of the molecule is CC.CN.COC(=O)c1sc2cncc(Cl)c2c1COc1c(F)cc(C=O)cc1F. The van der Waals surface area contributed by atoms with Crippen LogP contribution in [-0.2, 0) is 11.3 Å². The van der Waals surface area contributed by atoms with E-state index in [0.717, 1.165) is 23.5 Å². The summed E-state index contributed by atoms with van der Waals surface area (Å²) in [4.78, 5) is 26.8. The van der Waals surface area contributed by atoms with Crippen molar-refractivity contribution >= 4 is 45.3 Å². The van der Waals surface area contributed by atoms with Crippen molar-refractivity contribution in [3.8, 4) is 5.75 Å². The monoisotopic (exact) mass is 458 g/mol. The zero-order chi connectivity index (χ0) is 22.8. The molecule has 0 aliphatic rings. The predicted molar refractivity (Wildman–Crippen MR) is 114 cm³/mol. The van der Waals surface area contributed by atoms with Gasteiger partial charge in [-0.15, -0.1) is 11.3 Å². The van der Waals surface area contributed by atoms with Crippen LogP contribution in [0.1, 0.15) is 39.4 Å². The van der Waals surface area contributed by atoms with E-state index in [2.05, 4.69) is 10.7 Å². The Balaban J connectivity index is 0.00000106. The van der Waals surface area contributed by atoms with Gasteiger partial charge >= 0.3 is 5.97 Å². The molecule has 0 aliphatic carbocycles. The van der Waals surface area contributed by atoms with Crippen molar-refractivity contribution in [1.82, 2.24) is 4.98 Å². The molecule has 0 amide bonds. The number of nitrogens with two attached hydrogens (primary N) is 1. The van der Waals surface area contributed by atoms with Crippen molar-refractivity contribution in [3.63, 3.8) is 0 Å². The number of esters is 1. The van der Waals surface area contributed by atoms with Crippen LogP contribution in [0.4, 0.5) is 8.78 Å². The summed E-state index contributed by atoms with van der Waals surface area (Å²) in [5.74, 6) is -3.34. The zero-order valence-electron chi connectivity index (χ0n) is 16.8. The predicted octanol–water partition coefficient (Wildman–Crippen LogP) is 5.01. The Bertz CT molecular complexity index is 1000. The molecule has 0 bridgehead atoms. The van der Waals surface area contributed by atoms with Gasteiger partial charge in [-0.1, -0.05) is 25.4 Å². The van der Waals surface area contributed by atoms with Crippen LogP contribution < -0.4 is 10.5 Å². The highest BCUT2D eigenvalue weighted by molar-refractivity contribution is 7.21. The molecule has 30 heavy (non-hydrogen) atoms. The van der Waals surface area contributed by atoms with E-state index in [1.165, 1.54) is 26.6 Å². The molecule has 0 spiro atoms. The summed E-state index contributed by atoms with van der Waals surface area (Å²) < 4.78 is 38.6. The van der Waals surface area contributed by atoms with Gasteiger partial charge in [0, 0.05) is 28.9 Å². The summed E-state index contributed by atoms with van der Waals surface area (Å²) in [7, 11) is 2.72. The van der Waals surface area contributed by atoms with Crippen molar-refractivity contribution < 1.29 is 27.8 Å². The number of aromatic nitrogens is 1. The van der Waals surface area contributed by atoms with Gasteiger partial charge in [0.1, 0.15) is 17.8 Å². The van der Waals surface area contributed by atoms with E-state index in [1.807, 2.05) is 13.8 Å². The van der Waals surface area contributed by atoms with Gasteiger partial charge < -0.3 is 15.2 Å². The molecule has 2 aromatic heterocycles. The first-order valence-corrected chi connectivity index (χ1v) is 9.93. The summed E-state index contributed by atoms with van der Waals surface area (Å²) in [6, 6.07) is 1.71. The van der Waals surface area contributed by atoms with Crippen LogP contribution in [0.2, 0.25) is 5.02 Å². The van der Waals surface area contributed by atoms with E-state index in [4.69, 9.17) is 21.1 Å². The molecule has 0 saturated carbocycles. The fourth-order valence-electron chi connectivity index (χ4n) is 2.40. The number of hydrogen-bond donors (Lipinski definition) is 1. The number of aldehydes is 1. The molecule has 0 fully saturated rings.